The second-order valence-electron chi connectivity index (χ2n) is 6.03. The quantitative estimate of drug-likeness (QED) is 0.306. The van der Waals surface area contributed by atoms with Gasteiger partial charge in [0.25, 0.3) is 0 Å². The molecule has 4 aromatic rings. The van der Waals surface area contributed by atoms with Crippen LogP contribution in [-0.4, -0.2) is 4.98 Å². The van der Waals surface area contributed by atoms with Gasteiger partial charge in [0, 0.05) is 26.7 Å². The summed E-state index contributed by atoms with van der Waals surface area (Å²) in [5, 5.41) is 3.95. The average Bonchev–Trinajstić information content (AvgIpc) is 2.68. The molecule has 0 bridgehead atoms. The molecule has 0 aliphatic rings. The molecule has 0 spiro atoms. The first-order valence-electron chi connectivity index (χ1n) is 8.32. The highest BCUT2D eigenvalue weighted by atomic mass is 79.9. The summed E-state index contributed by atoms with van der Waals surface area (Å²) in [6, 6.07) is 28.1. The summed E-state index contributed by atoms with van der Waals surface area (Å²) in [6.45, 7) is 0. The molecule has 0 radical (unpaired) electrons. The lowest BCUT2D eigenvalue weighted by atomic mass is 10.1. The van der Waals surface area contributed by atoms with E-state index in [2.05, 4.69) is 110 Å². The van der Waals surface area contributed by atoms with Gasteiger partial charge in [0.15, 0.2) is 0 Å². The van der Waals surface area contributed by atoms with E-state index >= 15 is 0 Å². The number of hydrogen-bond donors (Lipinski definition) is 0. The van der Waals surface area contributed by atoms with E-state index in [1.54, 1.807) is 0 Å². The minimum absolute atomic E-state index is 0.507. The summed E-state index contributed by atoms with van der Waals surface area (Å²) in [6.07, 6.45) is 2.86. The molecule has 0 atom stereocenters. The minimum atomic E-state index is -0.507. The summed E-state index contributed by atoms with van der Waals surface area (Å²) in [5.41, 5.74) is 2.41. The van der Waals surface area contributed by atoms with Crippen LogP contribution in [0.5, 0.6) is 0 Å². The third-order valence-electron chi connectivity index (χ3n) is 4.32. The van der Waals surface area contributed by atoms with Crippen LogP contribution in [0.25, 0.3) is 10.9 Å². The van der Waals surface area contributed by atoms with Gasteiger partial charge in [0.05, 0.1) is 5.52 Å². The van der Waals surface area contributed by atoms with Crippen molar-refractivity contribution in [2.45, 2.75) is 6.16 Å². The van der Waals surface area contributed by atoms with Gasteiger partial charge in [-0.1, -0.05) is 80.4 Å². The van der Waals surface area contributed by atoms with Crippen LogP contribution in [0.2, 0.25) is 0 Å². The second kappa shape index (κ2) is 8.00. The molecule has 4 rings (SSSR count). The molecule has 0 N–H and O–H groups in total. The number of para-hydroxylation sites is 1. The number of hydrogen-bond acceptors (Lipinski definition) is 1. The molecule has 0 aliphatic carbocycles. The number of halogens is 2. The second-order valence-corrected chi connectivity index (χ2v) is 10.1. The molecule has 1 aromatic heterocycles. The monoisotopic (exact) mass is 483 g/mol. The Hall–Kier alpha value is -1.54. The van der Waals surface area contributed by atoms with Crippen molar-refractivity contribution in [3.8, 4) is 0 Å². The highest BCUT2D eigenvalue weighted by Crippen LogP contribution is 2.39. The van der Waals surface area contributed by atoms with E-state index in [9.17, 15) is 0 Å². The molecule has 26 heavy (non-hydrogen) atoms. The van der Waals surface area contributed by atoms with Gasteiger partial charge in [0.1, 0.15) is 0 Å². The molecule has 0 saturated carbocycles. The molecule has 0 amide bonds. The van der Waals surface area contributed by atoms with Crippen LogP contribution in [0, 0.1) is 0 Å². The molecule has 1 nitrogen and oxygen atoms in total. The van der Waals surface area contributed by atoms with Crippen molar-refractivity contribution in [3.63, 3.8) is 0 Å². The van der Waals surface area contributed by atoms with Crippen LogP contribution >= 0.6 is 39.8 Å². The molecule has 3 aromatic carbocycles. The zero-order valence-corrected chi connectivity index (χ0v) is 18.0. The van der Waals surface area contributed by atoms with Crippen molar-refractivity contribution >= 4 is 61.3 Å². The van der Waals surface area contributed by atoms with E-state index in [0.29, 0.717) is 0 Å². The van der Waals surface area contributed by atoms with Crippen LogP contribution in [0.15, 0.2) is 94.0 Å². The number of rotatable bonds is 4. The van der Waals surface area contributed by atoms with Gasteiger partial charge in [-0.2, -0.15) is 0 Å². The van der Waals surface area contributed by atoms with Crippen LogP contribution in [-0.2, 0) is 6.16 Å². The Morgan fingerprint density at radius 2 is 1.27 bits per heavy atom. The van der Waals surface area contributed by atoms with Crippen molar-refractivity contribution in [1.82, 2.24) is 4.98 Å². The van der Waals surface area contributed by atoms with Crippen molar-refractivity contribution in [3.05, 3.63) is 99.6 Å². The zero-order valence-electron chi connectivity index (χ0n) is 13.9. The van der Waals surface area contributed by atoms with Crippen LogP contribution in [0.3, 0.4) is 0 Å². The molecule has 4 heteroatoms. The Bertz CT molecular complexity index is 979. The number of nitrogens with zero attached hydrogens (tertiary/aromatic N) is 1. The Kier molecular flexibility index (Phi) is 5.49. The molecule has 0 aliphatic heterocycles. The average molecular weight is 485 g/mol. The van der Waals surface area contributed by atoms with Gasteiger partial charge in [-0.25, -0.2) is 0 Å². The van der Waals surface area contributed by atoms with Gasteiger partial charge >= 0.3 is 0 Å². The van der Waals surface area contributed by atoms with Gasteiger partial charge in [0.2, 0.25) is 0 Å². The van der Waals surface area contributed by atoms with Crippen molar-refractivity contribution in [2.75, 3.05) is 0 Å². The Morgan fingerprint density at radius 3 is 1.88 bits per heavy atom. The van der Waals surface area contributed by atoms with Gasteiger partial charge < -0.3 is 0 Å². The third kappa shape index (κ3) is 3.91. The van der Waals surface area contributed by atoms with Gasteiger partial charge in [-0.3, -0.25) is 4.98 Å². The Morgan fingerprint density at radius 1 is 0.692 bits per heavy atom. The molecule has 128 valence electrons. The number of fused-ring (bicyclic) bond motifs is 1. The van der Waals surface area contributed by atoms with Gasteiger partial charge in [-0.15, -0.1) is 0 Å². The number of benzene rings is 3. The molecule has 0 fully saturated rings. The molecule has 0 unspecified atom stereocenters. The largest absolute Gasteiger partial charge is 0.256 e. The van der Waals surface area contributed by atoms with E-state index < -0.39 is 7.92 Å². The topological polar surface area (TPSA) is 12.9 Å². The fourth-order valence-electron chi connectivity index (χ4n) is 3.04. The highest BCUT2D eigenvalue weighted by Gasteiger charge is 2.16. The Labute approximate surface area is 171 Å². The summed E-state index contributed by atoms with van der Waals surface area (Å²) in [7, 11) is -0.507. The number of aromatic nitrogens is 1. The first-order valence-corrected chi connectivity index (χ1v) is 11.4. The van der Waals surface area contributed by atoms with E-state index in [4.69, 9.17) is 0 Å². The smallest absolute Gasteiger partial charge is 0.0737 e. The minimum Gasteiger partial charge on any atom is -0.256 e. The van der Waals surface area contributed by atoms with E-state index in [1.165, 1.54) is 21.6 Å². The highest BCUT2D eigenvalue weighted by molar-refractivity contribution is 9.10. The summed E-state index contributed by atoms with van der Waals surface area (Å²) >= 11 is 7.10. The van der Waals surface area contributed by atoms with E-state index in [-0.39, 0.29) is 0 Å². The molecular weight excluding hydrogens is 469 g/mol. The van der Waals surface area contributed by atoms with E-state index in [0.717, 1.165) is 20.6 Å². The lowest BCUT2D eigenvalue weighted by molar-refractivity contribution is 1.34. The number of pyridine rings is 1. The maximum Gasteiger partial charge on any atom is 0.0737 e. The van der Waals surface area contributed by atoms with Crippen LogP contribution in [0.1, 0.15) is 5.56 Å². The summed E-state index contributed by atoms with van der Waals surface area (Å²) in [5.74, 6) is 0. The first kappa shape index (κ1) is 17.9. The van der Waals surface area contributed by atoms with Crippen molar-refractivity contribution < 1.29 is 0 Å². The maximum absolute atomic E-state index is 4.65. The van der Waals surface area contributed by atoms with Crippen LogP contribution < -0.4 is 10.6 Å². The molecule has 1 heterocycles. The lowest BCUT2D eigenvalue weighted by Gasteiger charge is -2.20. The van der Waals surface area contributed by atoms with E-state index in [1.807, 2.05) is 12.3 Å². The maximum atomic E-state index is 4.65. The third-order valence-corrected chi connectivity index (χ3v) is 7.88. The standard InChI is InChI=1S/C22H16Br2NP/c23-18-6-10-20(11-7-18)26(21-12-8-19(24)9-13-21)15-17-4-1-3-16-5-2-14-25-22(16)17/h1-14H,15H2. The van der Waals surface area contributed by atoms with Gasteiger partial charge in [-0.05, 0) is 54.4 Å². The zero-order chi connectivity index (χ0) is 17.9. The first-order chi connectivity index (χ1) is 12.7. The normalized spacial score (nSPS) is 11.2. The lowest BCUT2D eigenvalue weighted by Crippen LogP contribution is -2.13. The predicted octanol–water partition coefficient (Wildman–Crippen LogP) is 6.39. The fourth-order valence-corrected chi connectivity index (χ4v) is 5.84. The SMILES string of the molecule is Brc1ccc(P(Cc2cccc3cccnc23)c2ccc(Br)cc2)cc1. The summed E-state index contributed by atoms with van der Waals surface area (Å²) < 4.78 is 2.22. The van der Waals surface area contributed by atoms with Crippen molar-refractivity contribution in [1.29, 1.82) is 0 Å². The molecule has 0 saturated heterocycles. The Balaban J connectivity index is 1.79. The summed E-state index contributed by atoms with van der Waals surface area (Å²) in [4.78, 5) is 4.65. The fraction of sp³-hybridized carbons (Fsp3) is 0.0455. The molecular formula is C22H16Br2NP. The van der Waals surface area contributed by atoms with Crippen molar-refractivity contribution in [2.24, 2.45) is 0 Å². The predicted molar refractivity (Wildman–Crippen MR) is 120 cm³/mol. The van der Waals surface area contributed by atoms with Crippen LogP contribution in [0.4, 0.5) is 0 Å².